The zero-order valence-corrected chi connectivity index (χ0v) is 16.9. The van der Waals surface area contributed by atoms with Crippen LogP contribution < -0.4 is 0 Å². The molecule has 4 heterocycles. The van der Waals surface area contributed by atoms with Crippen molar-refractivity contribution in [2.24, 2.45) is 28.1 Å². The van der Waals surface area contributed by atoms with Crippen LogP contribution in [0.25, 0.3) is 0 Å². The number of carbonyl (C=O) groups excluding carboxylic acids is 3. The number of fused-ring (bicyclic) bond motifs is 1. The smallest absolute Gasteiger partial charge is 0.342 e. The maximum atomic E-state index is 13.4. The third-order valence-corrected chi connectivity index (χ3v) is 8.91. The predicted octanol–water partition coefficient (Wildman–Crippen LogP) is -1.37. The van der Waals surface area contributed by atoms with E-state index in [1.807, 2.05) is 20.8 Å². The predicted molar refractivity (Wildman–Crippen MR) is 92.0 cm³/mol. The summed E-state index contributed by atoms with van der Waals surface area (Å²) in [6.07, 6.45) is -6.73. The molecule has 164 valence electrons. The molecule has 30 heavy (non-hydrogen) atoms. The number of hydrogen-bond donors (Lipinski definition) is 3. The molecule has 0 radical (unpaired) electrons. The molecule has 3 N–H and O–H groups in total. The van der Waals surface area contributed by atoms with Gasteiger partial charge in [-0.2, -0.15) is 0 Å². The quantitative estimate of drug-likeness (QED) is 0.314. The monoisotopic (exact) mass is 424 g/mol. The summed E-state index contributed by atoms with van der Waals surface area (Å²) in [6, 6.07) is 0. The van der Waals surface area contributed by atoms with Gasteiger partial charge in [-0.05, 0) is 12.3 Å². The lowest BCUT2D eigenvalue weighted by Gasteiger charge is -2.46. The lowest BCUT2D eigenvalue weighted by Crippen LogP contribution is -2.66. The largest absolute Gasteiger partial charge is 0.459 e. The SMILES string of the molecule is C[C@H]1C(=O)O[C@H]2C[C@]34[C@@H]5OC(=O)[C@]3(O[C@H]3OC(=O)[C@H](O)[C@@]34[C@H](C(C)(C)C)[C@H]5O)[C@]21O. The zero-order valence-electron chi connectivity index (χ0n) is 16.9. The minimum absolute atomic E-state index is 0.107. The van der Waals surface area contributed by atoms with Gasteiger partial charge in [-0.15, -0.1) is 0 Å². The van der Waals surface area contributed by atoms with Crippen molar-refractivity contribution in [1.29, 1.82) is 0 Å². The highest BCUT2D eigenvalue weighted by Gasteiger charge is 3.02. The van der Waals surface area contributed by atoms with Crippen molar-refractivity contribution in [1.82, 2.24) is 0 Å². The van der Waals surface area contributed by atoms with Gasteiger partial charge in [0.1, 0.15) is 12.2 Å². The summed E-state index contributed by atoms with van der Waals surface area (Å²) in [5.41, 5.74) is -7.95. The van der Waals surface area contributed by atoms with E-state index in [2.05, 4.69) is 0 Å². The first kappa shape index (κ1) is 19.0. The van der Waals surface area contributed by atoms with Crippen LogP contribution in [0.5, 0.6) is 0 Å². The average Bonchev–Trinajstić information content (AvgIpc) is 3.32. The third-order valence-electron chi connectivity index (χ3n) is 8.91. The van der Waals surface area contributed by atoms with Crippen molar-refractivity contribution < 1.29 is 48.7 Å². The van der Waals surface area contributed by atoms with Gasteiger partial charge in [0.2, 0.25) is 11.9 Å². The lowest BCUT2D eigenvalue weighted by molar-refractivity contribution is -0.239. The topological polar surface area (TPSA) is 149 Å². The first-order chi connectivity index (χ1) is 13.8. The van der Waals surface area contributed by atoms with Gasteiger partial charge in [0.05, 0.1) is 22.9 Å². The number of rotatable bonds is 0. The fraction of sp³-hybridized carbons (Fsp3) is 0.850. The molecule has 2 saturated carbocycles. The molecule has 4 saturated heterocycles. The normalized spacial score (nSPS) is 60.1. The molecule has 11 atom stereocenters. The minimum atomic E-state index is -2.12. The molecular weight excluding hydrogens is 400 g/mol. The van der Waals surface area contributed by atoms with Gasteiger partial charge in [-0.1, -0.05) is 20.8 Å². The second-order valence-electron chi connectivity index (χ2n) is 10.7. The Hall–Kier alpha value is -1.75. The molecule has 0 amide bonds. The van der Waals surface area contributed by atoms with Gasteiger partial charge in [0.25, 0.3) is 0 Å². The van der Waals surface area contributed by atoms with Crippen molar-refractivity contribution in [3.05, 3.63) is 0 Å². The summed E-state index contributed by atoms with van der Waals surface area (Å²) in [5.74, 6) is -4.43. The summed E-state index contributed by atoms with van der Waals surface area (Å²) < 4.78 is 22.6. The van der Waals surface area contributed by atoms with Gasteiger partial charge in [0, 0.05) is 12.3 Å². The molecule has 0 aromatic carbocycles. The van der Waals surface area contributed by atoms with Crippen molar-refractivity contribution in [2.75, 3.05) is 0 Å². The van der Waals surface area contributed by atoms with Crippen LogP contribution in [-0.2, 0) is 33.3 Å². The van der Waals surface area contributed by atoms with E-state index < -0.39 is 87.9 Å². The van der Waals surface area contributed by atoms with E-state index in [0.29, 0.717) is 0 Å². The van der Waals surface area contributed by atoms with Crippen LogP contribution in [0.15, 0.2) is 0 Å². The standard InChI is InChI=1S/C20H24O10/c1-6-12(23)27-7-5-17-11-8(21)9(16(2,3)4)18(17)10(22)13(24)29-15(18)30-20(17,14(25)28-11)19(6,7)26/h6-11,15,21-22,26H,5H2,1-4H3/t6-,7-,8+,9-,10-,11+,15+,17+,18-,19+,20+/m0/s1. The molecule has 2 aliphatic carbocycles. The molecule has 0 aromatic rings. The van der Waals surface area contributed by atoms with Crippen molar-refractivity contribution in [3.63, 3.8) is 0 Å². The summed E-state index contributed by atoms with van der Waals surface area (Å²) >= 11 is 0. The fourth-order valence-corrected chi connectivity index (χ4v) is 8.22. The number of hydrogen-bond acceptors (Lipinski definition) is 10. The Kier molecular flexibility index (Phi) is 2.97. The van der Waals surface area contributed by atoms with Crippen LogP contribution in [0.1, 0.15) is 34.1 Å². The summed E-state index contributed by atoms with van der Waals surface area (Å²) in [6.45, 7) is 6.97. The van der Waals surface area contributed by atoms with Crippen LogP contribution in [0, 0.1) is 28.1 Å². The van der Waals surface area contributed by atoms with Gasteiger partial charge in [-0.3, -0.25) is 4.79 Å². The van der Waals surface area contributed by atoms with Gasteiger partial charge < -0.3 is 34.3 Å². The molecule has 0 unspecified atom stereocenters. The Morgan fingerprint density at radius 1 is 1.03 bits per heavy atom. The Morgan fingerprint density at radius 2 is 1.70 bits per heavy atom. The van der Waals surface area contributed by atoms with E-state index in [-0.39, 0.29) is 6.42 Å². The number of aliphatic hydroxyl groups is 3. The Labute approximate surface area is 171 Å². The van der Waals surface area contributed by atoms with Crippen LogP contribution in [-0.4, -0.2) is 75.1 Å². The zero-order chi connectivity index (χ0) is 21.8. The van der Waals surface area contributed by atoms with Crippen molar-refractivity contribution in [2.45, 2.75) is 76.0 Å². The molecule has 10 nitrogen and oxygen atoms in total. The molecule has 4 aliphatic heterocycles. The van der Waals surface area contributed by atoms with E-state index in [9.17, 15) is 29.7 Å². The van der Waals surface area contributed by atoms with E-state index in [0.717, 1.165) is 0 Å². The lowest BCUT2D eigenvalue weighted by atomic mass is 9.51. The first-order valence-electron chi connectivity index (χ1n) is 10.2. The van der Waals surface area contributed by atoms with Crippen LogP contribution in [0.2, 0.25) is 0 Å². The number of carbonyl (C=O) groups is 3. The van der Waals surface area contributed by atoms with Crippen LogP contribution in [0.4, 0.5) is 0 Å². The third kappa shape index (κ3) is 1.35. The van der Waals surface area contributed by atoms with E-state index in [1.165, 1.54) is 6.92 Å². The Balaban J connectivity index is 1.71. The van der Waals surface area contributed by atoms with Crippen molar-refractivity contribution in [3.8, 4) is 0 Å². The average molecular weight is 424 g/mol. The van der Waals surface area contributed by atoms with E-state index >= 15 is 0 Å². The second kappa shape index (κ2) is 4.69. The molecule has 10 heteroatoms. The number of aliphatic hydroxyl groups excluding tert-OH is 2. The summed E-state index contributed by atoms with van der Waals surface area (Å²) in [7, 11) is 0. The van der Waals surface area contributed by atoms with Gasteiger partial charge in [-0.25, -0.2) is 9.59 Å². The Bertz CT molecular complexity index is 925. The molecule has 2 spiro atoms. The van der Waals surface area contributed by atoms with E-state index in [4.69, 9.17) is 18.9 Å². The second-order valence-corrected chi connectivity index (χ2v) is 10.7. The van der Waals surface area contributed by atoms with Crippen LogP contribution in [0.3, 0.4) is 0 Å². The highest BCUT2D eigenvalue weighted by atomic mass is 16.8. The Morgan fingerprint density at radius 3 is 2.33 bits per heavy atom. The number of ether oxygens (including phenoxy) is 4. The molecule has 6 aliphatic rings. The summed E-state index contributed by atoms with van der Waals surface area (Å²) in [5, 5.41) is 34.4. The minimum Gasteiger partial charge on any atom is -0.459 e. The maximum Gasteiger partial charge on any atom is 0.342 e. The first-order valence-corrected chi connectivity index (χ1v) is 10.2. The maximum absolute atomic E-state index is 13.4. The van der Waals surface area contributed by atoms with Crippen LogP contribution >= 0.6 is 0 Å². The number of esters is 3. The molecular formula is C20H24O10. The highest BCUT2D eigenvalue weighted by molar-refractivity contribution is 5.93. The molecule has 0 bridgehead atoms. The molecule has 6 rings (SSSR count). The van der Waals surface area contributed by atoms with Gasteiger partial charge in [0.15, 0.2) is 11.7 Å². The fourth-order valence-electron chi connectivity index (χ4n) is 8.22. The molecule has 0 aromatic heterocycles. The molecule has 6 fully saturated rings. The van der Waals surface area contributed by atoms with E-state index in [1.54, 1.807) is 0 Å². The summed E-state index contributed by atoms with van der Waals surface area (Å²) in [4.78, 5) is 38.2. The highest BCUT2D eigenvalue weighted by Crippen LogP contribution is 2.84. The van der Waals surface area contributed by atoms with Gasteiger partial charge >= 0.3 is 17.9 Å². The van der Waals surface area contributed by atoms with Crippen molar-refractivity contribution >= 4 is 17.9 Å².